The molecule has 0 saturated heterocycles. The van der Waals surface area contributed by atoms with E-state index in [1.807, 2.05) is 6.92 Å². The number of carbonyl (C=O) groups excluding carboxylic acids is 1. The fourth-order valence-electron chi connectivity index (χ4n) is 4.67. The van der Waals surface area contributed by atoms with Gasteiger partial charge in [-0.2, -0.15) is 0 Å². The Morgan fingerprint density at radius 3 is 2.28 bits per heavy atom. The smallest absolute Gasteiger partial charge is 0.323 e. The summed E-state index contributed by atoms with van der Waals surface area (Å²) >= 11 is 0. The number of aliphatic carboxylic acids is 1. The first kappa shape index (κ1) is 25.4. The van der Waals surface area contributed by atoms with Gasteiger partial charge in [-0.1, -0.05) is 38.1 Å². The summed E-state index contributed by atoms with van der Waals surface area (Å²) in [7, 11) is 0. The number of nitrogens with zero attached hydrogens (tertiary/aromatic N) is 1. The van der Waals surface area contributed by atoms with Gasteiger partial charge in [0.25, 0.3) is 5.91 Å². The maximum Gasteiger partial charge on any atom is 0.323 e. The van der Waals surface area contributed by atoms with Gasteiger partial charge in [0, 0.05) is 31.0 Å². The fourth-order valence-corrected chi connectivity index (χ4v) is 4.67. The lowest BCUT2D eigenvalue weighted by Gasteiger charge is -2.24. The third-order valence-corrected chi connectivity index (χ3v) is 6.36. The topological polar surface area (TPSA) is 66.8 Å². The standard InChI is InChI=1S/C29H29F2NO4/c1-18(2)21-6-4-19(5-7-21)14-29(3)15-23-12-22(8-9-26(23)36-29)28(35)32(17-27(33)34)16-20-10-24(30)13-25(31)11-20/h4-13,18H,14-17H2,1-3H3,(H,33,34)/t29-/m0/s1. The van der Waals surface area contributed by atoms with E-state index in [1.54, 1.807) is 18.2 Å². The highest BCUT2D eigenvalue weighted by atomic mass is 19.1. The number of fused-ring (bicyclic) bond motifs is 1. The molecule has 1 aliphatic heterocycles. The average molecular weight is 494 g/mol. The number of carboxylic acids is 1. The molecule has 1 atom stereocenters. The van der Waals surface area contributed by atoms with Gasteiger partial charge in [-0.25, -0.2) is 8.78 Å². The average Bonchev–Trinajstić information content (AvgIpc) is 3.12. The minimum absolute atomic E-state index is 0.169. The highest BCUT2D eigenvalue weighted by Gasteiger charge is 2.35. The van der Waals surface area contributed by atoms with Crippen molar-refractivity contribution in [2.45, 2.75) is 51.7 Å². The van der Waals surface area contributed by atoms with E-state index < -0.39 is 35.7 Å². The van der Waals surface area contributed by atoms with Crippen LogP contribution >= 0.6 is 0 Å². The van der Waals surface area contributed by atoms with E-state index in [1.165, 1.54) is 5.56 Å². The molecule has 0 aromatic heterocycles. The molecule has 7 heteroatoms. The van der Waals surface area contributed by atoms with Crippen molar-refractivity contribution >= 4 is 11.9 Å². The highest BCUT2D eigenvalue weighted by molar-refractivity contribution is 5.96. The molecule has 1 heterocycles. The maximum atomic E-state index is 13.6. The normalized spacial score (nSPS) is 16.5. The number of hydrogen-bond donors (Lipinski definition) is 1. The number of amides is 1. The predicted octanol–water partition coefficient (Wildman–Crippen LogP) is 5.75. The second-order valence-corrected chi connectivity index (χ2v) is 9.96. The van der Waals surface area contributed by atoms with Crippen molar-refractivity contribution in [2.75, 3.05) is 6.54 Å². The van der Waals surface area contributed by atoms with Crippen LogP contribution in [-0.2, 0) is 24.2 Å². The Morgan fingerprint density at radius 1 is 1.00 bits per heavy atom. The molecule has 3 aromatic carbocycles. The SMILES string of the molecule is CC(C)c1ccc(C[C@@]2(C)Cc3cc(C(=O)N(CC(=O)O)Cc4cc(F)cc(F)c4)ccc3O2)cc1. The van der Waals surface area contributed by atoms with Crippen LogP contribution < -0.4 is 4.74 Å². The number of carboxylic acid groups (broad SMARTS) is 1. The summed E-state index contributed by atoms with van der Waals surface area (Å²) in [4.78, 5) is 25.7. The second kappa shape index (κ2) is 10.1. The molecule has 1 N–H and O–H groups in total. The molecular weight excluding hydrogens is 464 g/mol. The molecule has 0 spiro atoms. The number of rotatable bonds is 8. The molecule has 0 unspecified atom stereocenters. The molecule has 1 amide bonds. The molecule has 0 fully saturated rings. The summed E-state index contributed by atoms with van der Waals surface area (Å²) in [5.74, 6) is -2.20. The van der Waals surface area contributed by atoms with Crippen LogP contribution in [0.2, 0.25) is 0 Å². The lowest BCUT2D eigenvalue weighted by molar-refractivity contribution is -0.137. The van der Waals surface area contributed by atoms with Crippen molar-refractivity contribution in [3.63, 3.8) is 0 Å². The molecular formula is C29H29F2NO4. The third-order valence-electron chi connectivity index (χ3n) is 6.36. The summed E-state index contributed by atoms with van der Waals surface area (Å²) in [5, 5.41) is 9.32. The molecule has 0 saturated carbocycles. The maximum absolute atomic E-state index is 13.6. The van der Waals surface area contributed by atoms with Crippen LogP contribution in [0.1, 0.15) is 59.3 Å². The van der Waals surface area contributed by atoms with Crippen molar-refractivity contribution in [1.29, 1.82) is 0 Å². The van der Waals surface area contributed by atoms with Gasteiger partial charge in [-0.15, -0.1) is 0 Å². The van der Waals surface area contributed by atoms with Crippen LogP contribution in [0, 0.1) is 11.6 Å². The van der Waals surface area contributed by atoms with Gasteiger partial charge in [0.2, 0.25) is 0 Å². The van der Waals surface area contributed by atoms with E-state index in [4.69, 9.17) is 4.74 Å². The van der Waals surface area contributed by atoms with E-state index in [0.717, 1.165) is 34.2 Å². The lowest BCUT2D eigenvalue weighted by atomic mass is 9.90. The third kappa shape index (κ3) is 5.90. The Kier molecular flexibility index (Phi) is 7.11. The molecule has 4 rings (SSSR count). The predicted molar refractivity (Wildman–Crippen MR) is 132 cm³/mol. The van der Waals surface area contributed by atoms with Crippen LogP contribution in [0.15, 0.2) is 60.7 Å². The van der Waals surface area contributed by atoms with Gasteiger partial charge in [-0.05, 0) is 65.4 Å². The van der Waals surface area contributed by atoms with Gasteiger partial charge in [-0.3, -0.25) is 9.59 Å². The van der Waals surface area contributed by atoms with Crippen LogP contribution in [0.5, 0.6) is 5.75 Å². The first-order chi connectivity index (χ1) is 17.0. The zero-order chi connectivity index (χ0) is 26.0. The van der Waals surface area contributed by atoms with Crippen LogP contribution in [0.3, 0.4) is 0 Å². The van der Waals surface area contributed by atoms with Gasteiger partial charge in [0.1, 0.15) is 29.5 Å². The quantitative estimate of drug-likeness (QED) is 0.434. The summed E-state index contributed by atoms with van der Waals surface area (Å²) in [6.45, 7) is 5.49. The van der Waals surface area contributed by atoms with Crippen molar-refractivity contribution in [2.24, 2.45) is 0 Å². The Hall–Kier alpha value is -3.74. The number of halogens is 2. The first-order valence-electron chi connectivity index (χ1n) is 11.9. The van der Waals surface area contributed by atoms with E-state index in [2.05, 4.69) is 38.1 Å². The van der Waals surface area contributed by atoms with Crippen LogP contribution in [-0.4, -0.2) is 34.0 Å². The first-order valence-corrected chi connectivity index (χ1v) is 11.9. The van der Waals surface area contributed by atoms with Gasteiger partial charge in [0.15, 0.2) is 0 Å². The largest absolute Gasteiger partial charge is 0.487 e. The van der Waals surface area contributed by atoms with E-state index in [0.29, 0.717) is 30.1 Å². The van der Waals surface area contributed by atoms with Crippen molar-refractivity contribution in [3.05, 3.63) is 100 Å². The van der Waals surface area contributed by atoms with Crippen molar-refractivity contribution in [1.82, 2.24) is 4.90 Å². The van der Waals surface area contributed by atoms with Crippen LogP contribution in [0.25, 0.3) is 0 Å². The Balaban J connectivity index is 1.51. The molecule has 36 heavy (non-hydrogen) atoms. The second-order valence-electron chi connectivity index (χ2n) is 9.96. The molecule has 5 nitrogen and oxygen atoms in total. The summed E-state index contributed by atoms with van der Waals surface area (Å²) in [6.07, 6.45) is 1.28. The number of carbonyl (C=O) groups is 2. The molecule has 3 aromatic rings. The molecule has 0 radical (unpaired) electrons. The Morgan fingerprint density at radius 2 is 1.67 bits per heavy atom. The molecule has 0 aliphatic carbocycles. The number of benzene rings is 3. The molecule has 0 bridgehead atoms. The Labute approximate surface area is 209 Å². The Bertz CT molecular complexity index is 1270. The van der Waals surface area contributed by atoms with Gasteiger partial charge >= 0.3 is 5.97 Å². The van der Waals surface area contributed by atoms with E-state index >= 15 is 0 Å². The number of hydrogen-bond acceptors (Lipinski definition) is 3. The van der Waals surface area contributed by atoms with Crippen molar-refractivity contribution in [3.8, 4) is 5.75 Å². The highest BCUT2D eigenvalue weighted by Crippen LogP contribution is 2.38. The van der Waals surface area contributed by atoms with Crippen LogP contribution in [0.4, 0.5) is 8.78 Å². The van der Waals surface area contributed by atoms with E-state index in [9.17, 15) is 23.5 Å². The van der Waals surface area contributed by atoms with Gasteiger partial charge in [0.05, 0.1) is 0 Å². The monoisotopic (exact) mass is 493 g/mol. The summed E-state index contributed by atoms with van der Waals surface area (Å²) < 4.78 is 33.5. The lowest BCUT2D eigenvalue weighted by Crippen LogP contribution is -2.35. The number of ether oxygens (including phenoxy) is 1. The minimum Gasteiger partial charge on any atom is -0.487 e. The zero-order valence-corrected chi connectivity index (χ0v) is 20.6. The van der Waals surface area contributed by atoms with Crippen molar-refractivity contribution < 1.29 is 28.2 Å². The van der Waals surface area contributed by atoms with Gasteiger partial charge < -0.3 is 14.7 Å². The zero-order valence-electron chi connectivity index (χ0n) is 20.6. The summed E-state index contributed by atoms with van der Waals surface area (Å²) in [5.41, 5.74) is 3.26. The van der Waals surface area contributed by atoms with E-state index in [-0.39, 0.29) is 12.1 Å². The molecule has 1 aliphatic rings. The summed E-state index contributed by atoms with van der Waals surface area (Å²) in [6, 6.07) is 16.4. The fraction of sp³-hybridized carbons (Fsp3) is 0.310. The minimum atomic E-state index is -1.22. The molecule has 188 valence electrons.